The van der Waals surface area contributed by atoms with Crippen molar-refractivity contribution in [2.24, 2.45) is 45.4 Å². The highest BCUT2D eigenvalue weighted by Crippen LogP contribution is 2.69. The van der Waals surface area contributed by atoms with Gasteiger partial charge in [0.2, 0.25) is 0 Å². The molecule has 9 atom stereocenters. The molecule has 6 rings (SSSR count). The second-order valence-electron chi connectivity index (χ2n) is 14.2. The number of aliphatic imine (C=N–C) groups is 1. The van der Waals surface area contributed by atoms with Gasteiger partial charge in [0.1, 0.15) is 17.9 Å². The average molecular weight is 558 g/mol. The number of ketones is 1. The lowest BCUT2D eigenvalue weighted by molar-refractivity contribution is -0.165. The Morgan fingerprint density at radius 2 is 1.80 bits per heavy atom. The number of allylic oxidation sites excluding steroid dienone is 3. The Balaban J connectivity index is 1.32. The van der Waals surface area contributed by atoms with Crippen LogP contribution >= 0.6 is 0 Å². The number of benzene rings is 1. The van der Waals surface area contributed by atoms with E-state index in [9.17, 15) is 9.59 Å². The summed E-state index contributed by atoms with van der Waals surface area (Å²) < 4.78 is 12.0. The molecule has 41 heavy (non-hydrogen) atoms. The number of esters is 1. The molecule has 5 aliphatic rings. The summed E-state index contributed by atoms with van der Waals surface area (Å²) in [5.41, 5.74) is 1.56. The molecule has 220 valence electrons. The van der Waals surface area contributed by atoms with Crippen LogP contribution in [0.3, 0.4) is 0 Å². The van der Waals surface area contributed by atoms with Crippen LogP contribution in [0.2, 0.25) is 0 Å². The first-order valence-electron chi connectivity index (χ1n) is 15.9. The van der Waals surface area contributed by atoms with Crippen molar-refractivity contribution < 1.29 is 19.1 Å². The van der Waals surface area contributed by atoms with Gasteiger partial charge in [0.05, 0.1) is 0 Å². The lowest BCUT2D eigenvalue weighted by atomic mass is 9.44. The largest absolute Gasteiger partial charge is 0.459 e. The van der Waals surface area contributed by atoms with Crippen LogP contribution in [0, 0.1) is 40.4 Å². The fourth-order valence-corrected chi connectivity index (χ4v) is 10.4. The van der Waals surface area contributed by atoms with Gasteiger partial charge in [-0.25, -0.2) is 4.79 Å². The van der Waals surface area contributed by atoms with E-state index in [1.54, 1.807) is 7.11 Å². The summed E-state index contributed by atoms with van der Waals surface area (Å²) in [7, 11) is 1.63. The number of methoxy groups -OCH3 is 1. The van der Waals surface area contributed by atoms with Gasteiger partial charge in [-0.1, -0.05) is 61.9 Å². The van der Waals surface area contributed by atoms with E-state index in [4.69, 9.17) is 14.5 Å². The van der Waals surface area contributed by atoms with Gasteiger partial charge in [-0.05, 0) is 104 Å². The molecule has 0 N–H and O–H groups in total. The molecular formula is C36H47NO4. The molecule has 1 aromatic carbocycles. The Morgan fingerprint density at radius 1 is 1.02 bits per heavy atom. The van der Waals surface area contributed by atoms with Crippen molar-refractivity contribution in [2.75, 3.05) is 7.11 Å². The van der Waals surface area contributed by atoms with Crippen LogP contribution in [0.1, 0.15) is 84.1 Å². The van der Waals surface area contributed by atoms with Crippen LogP contribution in [0.25, 0.3) is 0 Å². The molecule has 4 unspecified atom stereocenters. The van der Waals surface area contributed by atoms with E-state index in [0.29, 0.717) is 29.5 Å². The van der Waals surface area contributed by atoms with Crippen molar-refractivity contribution in [3.63, 3.8) is 0 Å². The van der Waals surface area contributed by atoms with Crippen LogP contribution < -0.4 is 0 Å². The summed E-state index contributed by atoms with van der Waals surface area (Å²) in [4.78, 5) is 31.4. The smallest absolute Gasteiger partial charge is 0.338 e. The molecule has 1 aromatic rings. The molecule has 4 saturated carbocycles. The number of carbonyl (C=O) groups is 2. The van der Waals surface area contributed by atoms with E-state index in [-0.39, 0.29) is 29.3 Å². The zero-order valence-corrected chi connectivity index (χ0v) is 25.3. The molecule has 4 aliphatic carbocycles. The normalized spacial score (nSPS) is 40.5. The second-order valence-corrected chi connectivity index (χ2v) is 14.2. The number of hydrogen-bond acceptors (Lipinski definition) is 5. The van der Waals surface area contributed by atoms with Gasteiger partial charge >= 0.3 is 5.97 Å². The number of carbonyl (C=O) groups excluding carboxylic acids is 2. The van der Waals surface area contributed by atoms with Crippen molar-refractivity contribution >= 4 is 18.0 Å². The maximum absolute atomic E-state index is 13.8. The maximum Gasteiger partial charge on any atom is 0.338 e. The van der Waals surface area contributed by atoms with Gasteiger partial charge in [-0.3, -0.25) is 9.79 Å². The fourth-order valence-electron chi connectivity index (χ4n) is 10.4. The monoisotopic (exact) mass is 557 g/mol. The van der Waals surface area contributed by atoms with Crippen molar-refractivity contribution in [3.8, 4) is 0 Å². The van der Waals surface area contributed by atoms with Gasteiger partial charge in [-0.2, -0.15) is 0 Å². The zero-order valence-electron chi connectivity index (χ0n) is 25.3. The highest BCUT2D eigenvalue weighted by atomic mass is 16.6. The molecule has 0 amide bonds. The third-order valence-corrected chi connectivity index (χ3v) is 12.3. The molecule has 0 radical (unpaired) electrons. The van der Waals surface area contributed by atoms with Crippen molar-refractivity contribution in [1.82, 2.24) is 0 Å². The predicted molar refractivity (Wildman–Crippen MR) is 161 cm³/mol. The van der Waals surface area contributed by atoms with E-state index in [0.717, 1.165) is 49.7 Å². The Bertz CT molecular complexity index is 1250. The third-order valence-electron chi connectivity index (χ3n) is 12.3. The Labute approximate surface area is 245 Å². The minimum absolute atomic E-state index is 0.0454. The average Bonchev–Trinajstić information content (AvgIpc) is 3.21. The first-order valence-corrected chi connectivity index (χ1v) is 15.9. The van der Waals surface area contributed by atoms with Crippen LogP contribution in [0.15, 0.2) is 59.1 Å². The van der Waals surface area contributed by atoms with E-state index in [1.165, 1.54) is 19.3 Å². The summed E-state index contributed by atoms with van der Waals surface area (Å²) in [5.74, 6) is 2.80. The molecular weight excluding hydrogens is 510 g/mol. The topological polar surface area (TPSA) is 65.0 Å². The molecule has 1 aliphatic heterocycles. The lowest BCUT2D eigenvalue weighted by Crippen LogP contribution is -2.58. The number of hydrogen-bond donors (Lipinski definition) is 0. The summed E-state index contributed by atoms with van der Waals surface area (Å²) in [5, 5.41) is 0. The Morgan fingerprint density at radius 3 is 2.59 bits per heavy atom. The van der Waals surface area contributed by atoms with Gasteiger partial charge in [0.15, 0.2) is 6.10 Å². The third kappa shape index (κ3) is 4.76. The second kappa shape index (κ2) is 10.9. The Kier molecular flexibility index (Phi) is 7.63. The molecule has 5 heteroatoms. The van der Waals surface area contributed by atoms with Crippen molar-refractivity contribution in [1.29, 1.82) is 0 Å². The van der Waals surface area contributed by atoms with E-state index < -0.39 is 11.6 Å². The molecule has 4 fully saturated rings. The van der Waals surface area contributed by atoms with Gasteiger partial charge in [-0.15, -0.1) is 0 Å². The molecule has 5 nitrogen and oxygen atoms in total. The minimum Gasteiger partial charge on any atom is -0.459 e. The van der Waals surface area contributed by atoms with Gasteiger partial charge in [0.25, 0.3) is 0 Å². The highest BCUT2D eigenvalue weighted by molar-refractivity contribution is 5.81. The van der Waals surface area contributed by atoms with Gasteiger partial charge in [0, 0.05) is 26.2 Å². The maximum atomic E-state index is 13.8. The van der Waals surface area contributed by atoms with E-state index >= 15 is 0 Å². The number of ether oxygens (including phenoxy) is 2. The SMILES string of the molecule is COC(C(=O)OCc1ccccc1)C1(C2CC[C@H]3[C@@H]4CCC5CC(=O)CC[C@]5(C)[C@H]4CC[C@]23C)C=C(C)C=CC=N1. The molecule has 0 saturated heterocycles. The van der Waals surface area contributed by atoms with Crippen LogP contribution in [-0.4, -0.2) is 36.7 Å². The summed E-state index contributed by atoms with van der Waals surface area (Å²) in [6, 6.07) is 9.83. The quantitative estimate of drug-likeness (QED) is 0.344. The van der Waals surface area contributed by atoms with Crippen LogP contribution in [-0.2, 0) is 25.7 Å². The molecule has 0 aromatic heterocycles. The first kappa shape index (κ1) is 28.6. The number of fused-ring (bicyclic) bond motifs is 5. The molecule has 0 spiro atoms. The predicted octanol–water partition coefficient (Wildman–Crippen LogP) is 7.30. The number of nitrogens with zero attached hydrogens (tertiary/aromatic N) is 1. The number of rotatable bonds is 6. The minimum atomic E-state index is -0.829. The highest BCUT2D eigenvalue weighted by Gasteiger charge is 2.65. The number of Topliss-reactive ketones (excluding diaryl/α,β-unsaturated/α-hetero) is 1. The van der Waals surface area contributed by atoms with Crippen molar-refractivity contribution in [2.45, 2.75) is 96.8 Å². The fraction of sp³-hybridized carbons (Fsp3) is 0.639. The Hall–Kier alpha value is -2.53. The lowest BCUT2D eigenvalue weighted by Gasteiger charge is -2.61. The van der Waals surface area contributed by atoms with Crippen LogP contribution in [0.5, 0.6) is 0 Å². The van der Waals surface area contributed by atoms with E-state index in [1.807, 2.05) is 42.6 Å². The van der Waals surface area contributed by atoms with Gasteiger partial charge < -0.3 is 9.47 Å². The molecule has 1 heterocycles. The van der Waals surface area contributed by atoms with Crippen molar-refractivity contribution in [3.05, 3.63) is 59.7 Å². The van der Waals surface area contributed by atoms with E-state index in [2.05, 4.69) is 32.9 Å². The zero-order chi connectivity index (χ0) is 28.8. The standard InChI is InChI=1S/C36H47NO4/c1-24-9-8-20-37-36(22-24,32(40-4)33(39)41-23-25-10-6-5-7-11-25)31-15-14-29-28-13-12-26-21-27(38)16-18-34(26,2)30(28)17-19-35(29,31)3/h5-11,20,22,26,28-32H,12-19,21,23H2,1-4H3/t26?,28-,29-,30-,31?,32?,34-,35-,36?/m0/s1. The van der Waals surface area contributed by atoms with Crippen LogP contribution in [0.4, 0.5) is 0 Å². The summed E-state index contributed by atoms with van der Waals surface area (Å²) in [6.45, 7) is 7.32. The first-order chi connectivity index (χ1) is 19.7. The summed E-state index contributed by atoms with van der Waals surface area (Å²) >= 11 is 0. The summed E-state index contributed by atoms with van der Waals surface area (Å²) in [6.07, 6.45) is 16.8. The molecule has 0 bridgehead atoms.